The zero-order valence-corrected chi connectivity index (χ0v) is 10.1. The minimum Gasteiger partial charge on any atom is -0.507 e. The maximum absolute atomic E-state index is 11.8. The Morgan fingerprint density at radius 2 is 1.95 bits per heavy atom. The summed E-state index contributed by atoms with van der Waals surface area (Å²) < 4.78 is 4.34. The molecule has 1 atom stereocenters. The molecule has 0 spiro atoms. The smallest absolute Gasteiger partial charge is 0.326 e. The van der Waals surface area contributed by atoms with E-state index >= 15 is 0 Å². The number of carbonyl (C=O) groups excluding carboxylic acids is 2. The SMILES string of the molecule is COC(=O)C[C@H](NC(=O)c1ccccc1O)C(=O)O. The molecule has 1 amide bonds. The zero-order valence-electron chi connectivity index (χ0n) is 10.1. The van der Waals surface area contributed by atoms with Crippen LogP contribution in [0.2, 0.25) is 0 Å². The first-order valence-electron chi connectivity index (χ1n) is 5.34. The second-order valence-corrected chi connectivity index (χ2v) is 3.66. The molecule has 0 fully saturated rings. The van der Waals surface area contributed by atoms with E-state index in [1.54, 1.807) is 0 Å². The molecule has 1 aromatic carbocycles. The Balaban J connectivity index is 2.80. The molecule has 0 saturated heterocycles. The number of aromatic hydroxyl groups is 1. The molecule has 3 N–H and O–H groups in total. The van der Waals surface area contributed by atoms with Crippen LogP contribution in [-0.4, -0.2) is 41.2 Å². The highest BCUT2D eigenvalue weighted by atomic mass is 16.5. The number of esters is 1. The third-order valence-electron chi connectivity index (χ3n) is 2.35. The van der Waals surface area contributed by atoms with E-state index in [2.05, 4.69) is 10.1 Å². The van der Waals surface area contributed by atoms with Gasteiger partial charge in [0.2, 0.25) is 0 Å². The van der Waals surface area contributed by atoms with Gasteiger partial charge in [0, 0.05) is 0 Å². The Labute approximate surface area is 108 Å². The molecule has 7 nitrogen and oxygen atoms in total. The summed E-state index contributed by atoms with van der Waals surface area (Å²) in [7, 11) is 1.12. The van der Waals surface area contributed by atoms with Crippen molar-refractivity contribution in [3.63, 3.8) is 0 Å². The molecule has 102 valence electrons. The lowest BCUT2D eigenvalue weighted by molar-refractivity contribution is -0.147. The molecule has 1 rings (SSSR count). The van der Waals surface area contributed by atoms with Crippen molar-refractivity contribution >= 4 is 17.8 Å². The highest BCUT2D eigenvalue weighted by Crippen LogP contribution is 2.15. The fourth-order valence-electron chi connectivity index (χ4n) is 1.35. The monoisotopic (exact) mass is 267 g/mol. The van der Waals surface area contributed by atoms with Gasteiger partial charge in [-0.05, 0) is 12.1 Å². The van der Waals surface area contributed by atoms with Gasteiger partial charge in [-0.1, -0.05) is 12.1 Å². The van der Waals surface area contributed by atoms with Gasteiger partial charge < -0.3 is 20.3 Å². The quantitative estimate of drug-likeness (QED) is 0.654. The predicted octanol–water partition coefficient (Wildman–Crippen LogP) is 0.138. The van der Waals surface area contributed by atoms with Crippen LogP contribution in [0, 0.1) is 0 Å². The number of methoxy groups -OCH3 is 1. The van der Waals surface area contributed by atoms with Crippen molar-refractivity contribution in [1.29, 1.82) is 0 Å². The third-order valence-corrected chi connectivity index (χ3v) is 2.35. The second-order valence-electron chi connectivity index (χ2n) is 3.66. The molecular formula is C12H13NO6. The standard InChI is InChI=1S/C12H13NO6/c1-19-10(15)6-8(12(17)18)13-11(16)7-4-2-3-5-9(7)14/h2-5,8,14H,6H2,1H3,(H,13,16)(H,17,18)/t8-/m0/s1. The van der Waals surface area contributed by atoms with Crippen molar-refractivity contribution in [1.82, 2.24) is 5.32 Å². The van der Waals surface area contributed by atoms with Crippen LogP contribution in [0.5, 0.6) is 5.75 Å². The number of nitrogens with one attached hydrogen (secondary N) is 1. The summed E-state index contributed by atoms with van der Waals surface area (Å²) in [6.45, 7) is 0. The molecule has 7 heteroatoms. The molecule has 0 radical (unpaired) electrons. The highest BCUT2D eigenvalue weighted by Gasteiger charge is 2.25. The van der Waals surface area contributed by atoms with Crippen LogP contribution in [0.25, 0.3) is 0 Å². The lowest BCUT2D eigenvalue weighted by Gasteiger charge is -2.13. The molecule has 0 bridgehead atoms. The number of aliphatic carboxylic acids is 1. The lowest BCUT2D eigenvalue weighted by Crippen LogP contribution is -2.42. The van der Waals surface area contributed by atoms with Gasteiger partial charge in [0.25, 0.3) is 5.91 Å². The van der Waals surface area contributed by atoms with Crippen LogP contribution in [0.4, 0.5) is 0 Å². The normalized spacial score (nSPS) is 11.4. The minimum atomic E-state index is -1.42. The van der Waals surface area contributed by atoms with Crippen molar-refractivity contribution in [3.05, 3.63) is 29.8 Å². The van der Waals surface area contributed by atoms with E-state index in [-0.39, 0.29) is 11.3 Å². The number of carboxylic acids is 1. The summed E-state index contributed by atoms with van der Waals surface area (Å²) in [5.74, 6) is -3.18. The Hall–Kier alpha value is -2.57. The number of phenols is 1. The van der Waals surface area contributed by atoms with Crippen LogP contribution in [-0.2, 0) is 14.3 Å². The van der Waals surface area contributed by atoms with E-state index in [0.29, 0.717) is 0 Å². The van der Waals surface area contributed by atoms with Gasteiger partial charge in [-0.2, -0.15) is 0 Å². The van der Waals surface area contributed by atoms with E-state index in [1.807, 2.05) is 0 Å². The molecule has 0 heterocycles. The largest absolute Gasteiger partial charge is 0.507 e. The van der Waals surface area contributed by atoms with Gasteiger partial charge in [0.05, 0.1) is 19.1 Å². The van der Waals surface area contributed by atoms with Crippen molar-refractivity contribution in [2.24, 2.45) is 0 Å². The first kappa shape index (κ1) is 14.5. The Morgan fingerprint density at radius 1 is 1.32 bits per heavy atom. The van der Waals surface area contributed by atoms with Gasteiger partial charge in [0.15, 0.2) is 0 Å². The van der Waals surface area contributed by atoms with E-state index in [1.165, 1.54) is 24.3 Å². The number of amides is 1. The summed E-state index contributed by atoms with van der Waals surface area (Å²) in [6.07, 6.45) is -0.495. The molecule has 1 aromatic rings. The summed E-state index contributed by atoms with van der Waals surface area (Å²) in [6, 6.07) is 4.26. The number of rotatable bonds is 5. The number of carboxylic acid groups (broad SMARTS) is 1. The van der Waals surface area contributed by atoms with E-state index in [4.69, 9.17) is 5.11 Å². The number of benzene rings is 1. The van der Waals surface area contributed by atoms with Crippen molar-refractivity contribution in [2.75, 3.05) is 7.11 Å². The van der Waals surface area contributed by atoms with Gasteiger partial charge in [-0.25, -0.2) is 4.79 Å². The van der Waals surface area contributed by atoms with Crippen molar-refractivity contribution < 1.29 is 29.3 Å². The van der Waals surface area contributed by atoms with Gasteiger partial charge in [-0.15, -0.1) is 0 Å². The molecule has 0 aliphatic rings. The van der Waals surface area contributed by atoms with E-state index in [9.17, 15) is 19.5 Å². The summed E-state index contributed by atoms with van der Waals surface area (Å²) in [5, 5.41) is 20.5. The van der Waals surface area contributed by atoms with Gasteiger partial charge in [0.1, 0.15) is 11.8 Å². The summed E-state index contributed by atoms with van der Waals surface area (Å²) >= 11 is 0. The predicted molar refractivity (Wildman–Crippen MR) is 63.6 cm³/mol. The van der Waals surface area contributed by atoms with Gasteiger partial charge >= 0.3 is 11.9 Å². The average molecular weight is 267 g/mol. The van der Waals surface area contributed by atoms with Gasteiger partial charge in [-0.3, -0.25) is 9.59 Å². The molecular weight excluding hydrogens is 254 g/mol. The van der Waals surface area contributed by atoms with Crippen LogP contribution < -0.4 is 5.32 Å². The maximum atomic E-state index is 11.8. The second kappa shape index (κ2) is 6.39. The van der Waals surface area contributed by atoms with Crippen molar-refractivity contribution in [3.8, 4) is 5.75 Å². The lowest BCUT2D eigenvalue weighted by atomic mass is 10.1. The zero-order chi connectivity index (χ0) is 14.4. The number of hydrogen-bond acceptors (Lipinski definition) is 5. The minimum absolute atomic E-state index is 0.0707. The number of phenolic OH excluding ortho intramolecular Hbond substituents is 1. The Bertz CT molecular complexity index is 499. The molecule has 0 saturated carbocycles. The van der Waals surface area contributed by atoms with Crippen LogP contribution in [0.3, 0.4) is 0 Å². The third kappa shape index (κ3) is 3.98. The summed E-state index contributed by atoms with van der Waals surface area (Å²) in [4.78, 5) is 33.7. The molecule has 0 aliphatic carbocycles. The Morgan fingerprint density at radius 3 is 2.47 bits per heavy atom. The molecule has 19 heavy (non-hydrogen) atoms. The highest BCUT2D eigenvalue weighted by molar-refractivity contribution is 5.99. The fraction of sp³-hybridized carbons (Fsp3) is 0.250. The van der Waals surface area contributed by atoms with Crippen LogP contribution in [0.1, 0.15) is 16.8 Å². The average Bonchev–Trinajstić information content (AvgIpc) is 2.37. The number of carbonyl (C=O) groups is 3. The maximum Gasteiger partial charge on any atom is 0.326 e. The first-order valence-corrected chi connectivity index (χ1v) is 5.34. The first-order chi connectivity index (χ1) is 8.95. The number of ether oxygens (including phenoxy) is 1. The Kier molecular flexibility index (Phi) is 4.87. The number of para-hydroxylation sites is 1. The van der Waals surface area contributed by atoms with Crippen LogP contribution >= 0.6 is 0 Å². The molecule has 0 unspecified atom stereocenters. The summed E-state index contributed by atoms with van der Waals surface area (Å²) in [5.41, 5.74) is -0.0707. The topological polar surface area (TPSA) is 113 Å². The fourth-order valence-corrected chi connectivity index (χ4v) is 1.35. The molecule has 0 aromatic heterocycles. The van der Waals surface area contributed by atoms with Crippen LogP contribution in [0.15, 0.2) is 24.3 Å². The van der Waals surface area contributed by atoms with E-state index < -0.39 is 30.3 Å². The van der Waals surface area contributed by atoms with E-state index in [0.717, 1.165) is 7.11 Å². The van der Waals surface area contributed by atoms with Crippen molar-refractivity contribution in [2.45, 2.75) is 12.5 Å². The molecule has 0 aliphatic heterocycles. The number of hydrogen-bond donors (Lipinski definition) is 3.